The first-order valence-corrected chi connectivity index (χ1v) is 6.56. The molecule has 1 unspecified atom stereocenters. The smallest absolute Gasteiger partial charge is 0.323 e. The van der Waals surface area contributed by atoms with Crippen LogP contribution in [-0.4, -0.2) is 20.6 Å². The van der Waals surface area contributed by atoms with Crippen LogP contribution in [0.15, 0.2) is 24.3 Å². The predicted octanol–water partition coefficient (Wildman–Crippen LogP) is 2.31. The van der Waals surface area contributed by atoms with Crippen molar-refractivity contribution in [3.05, 3.63) is 30.1 Å². The van der Waals surface area contributed by atoms with Crippen LogP contribution in [0, 0.1) is 0 Å². The second kappa shape index (κ2) is 5.84. The fourth-order valence-electron chi connectivity index (χ4n) is 2.23. The van der Waals surface area contributed by atoms with Crippen molar-refractivity contribution < 1.29 is 9.90 Å². The highest BCUT2D eigenvalue weighted by molar-refractivity contribution is 5.78. The summed E-state index contributed by atoms with van der Waals surface area (Å²) in [6.07, 6.45) is 2.89. The summed E-state index contributed by atoms with van der Waals surface area (Å²) in [6, 6.07) is 7.31. The lowest BCUT2D eigenvalue weighted by molar-refractivity contribution is -0.137. The SMILES string of the molecule is CCCCC(N)c1nc2ccccc2n1CC(=O)O. The van der Waals surface area contributed by atoms with E-state index in [9.17, 15) is 4.79 Å². The Labute approximate surface area is 112 Å². The summed E-state index contributed by atoms with van der Waals surface area (Å²) in [5, 5.41) is 9.04. The zero-order chi connectivity index (χ0) is 13.8. The van der Waals surface area contributed by atoms with Gasteiger partial charge in [-0.05, 0) is 18.6 Å². The molecule has 1 aromatic carbocycles. The fourth-order valence-corrected chi connectivity index (χ4v) is 2.23. The third kappa shape index (κ3) is 2.93. The Hall–Kier alpha value is -1.88. The van der Waals surface area contributed by atoms with Gasteiger partial charge in [0.1, 0.15) is 12.4 Å². The van der Waals surface area contributed by atoms with Crippen molar-refractivity contribution >= 4 is 17.0 Å². The number of carbonyl (C=O) groups is 1. The summed E-state index contributed by atoms with van der Waals surface area (Å²) in [5.41, 5.74) is 7.77. The van der Waals surface area contributed by atoms with Crippen LogP contribution in [-0.2, 0) is 11.3 Å². The molecule has 0 radical (unpaired) electrons. The first kappa shape index (κ1) is 13.5. The second-order valence-electron chi connectivity index (χ2n) is 4.69. The Morgan fingerprint density at radius 1 is 1.47 bits per heavy atom. The molecule has 0 aliphatic carbocycles. The van der Waals surface area contributed by atoms with Gasteiger partial charge in [-0.25, -0.2) is 4.98 Å². The van der Waals surface area contributed by atoms with Gasteiger partial charge in [-0.15, -0.1) is 0 Å². The van der Waals surface area contributed by atoms with E-state index in [0.717, 1.165) is 30.3 Å². The summed E-state index contributed by atoms with van der Waals surface area (Å²) in [6.45, 7) is 2.00. The summed E-state index contributed by atoms with van der Waals surface area (Å²) < 4.78 is 1.71. The number of imidazole rings is 1. The number of hydrogen-bond donors (Lipinski definition) is 2. The number of nitrogens with two attached hydrogens (primary N) is 1. The summed E-state index contributed by atoms with van der Waals surface area (Å²) in [4.78, 5) is 15.5. The molecule has 19 heavy (non-hydrogen) atoms. The zero-order valence-corrected chi connectivity index (χ0v) is 11.0. The van der Waals surface area contributed by atoms with E-state index in [1.54, 1.807) is 4.57 Å². The Morgan fingerprint density at radius 3 is 2.89 bits per heavy atom. The van der Waals surface area contributed by atoms with Gasteiger partial charge in [0.25, 0.3) is 0 Å². The number of carboxylic acids is 1. The summed E-state index contributed by atoms with van der Waals surface area (Å²) in [7, 11) is 0. The van der Waals surface area contributed by atoms with Crippen LogP contribution in [0.3, 0.4) is 0 Å². The van der Waals surface area contributed by atoms with E-state index in [4.69, 9.17) is 10.8 Å². The monoisotopic (exact) mass is 261 g/mol. The highest BCUT2D eigenvalue weighted by Crippen LogP contribution is 2.22. The molecule has 1 aromatic heterocycles. The van der Waals surface area contributed by atoms with Crippen molar-refractivity contribution in [2.24, 2.45) is 5.73 Å². The number of nitrogens with zero attached hydrogens (tertiary/aromatic N) is 2. The van der Waals surface area contributed by atoms with E-state index in [-0.39, 0.29) is 12.6 Å². The first-order chi connectivity index (χ1) is 9.13. The number of unbranched alkanes of at least 4 members (excludes halogenated alkanes) is 1. The largest absolute Gasteiger partial charge is 0.480 e. The molecule has 0 aliphatic heterocycles. The maximum Gasteiger partial charge on any atom is 0.323 e. The van der Waals surface area contributed by atoms with E-state index in [1.165, 1.54) is 0 Å². The molecular formula is C14H19N3O2. The van der Waals surface area contributed by atoms with Crippen LogP contribution >= 0.6 is 0 Å². The Balaban J connectivity index is 2.43. The molecule has 1 heterocycles. The van der Waals surface area contributed by atoms with Gasteiger partial charge in [0, 0.05) is 0 Å². The van der Waals surface area contributed by atoms with Crippen molar-refractivity contribution in [3.8, 4) is 0 Å². The molecule has 2 rings (SSSR count). The Bertz CT molecular complexity index is 577. The number of aromatic nitrogens is 2. The number of hydrogen-bond acceptors (Lipinski definition) is 3. The highest BCUT2D eigenvalue weighted by Gasteiger charge is 2.17. The Morgan fingerprint density at radius 2 is 2.21 bits per heavy atom. The van der Waals surface area contributed by atoms with Crippen molar-refractivity contribution in [1.82, 2.24) is 9.55 Å². The molecular weight excluding hydrogens is 242 g/mol. The number of fused-ring (bicyclic) bond motifs is 1. The van der Waals surface area contributed by atoms with Gasteiger partial charge < -0.3 is 15.4 Å². The van der Waals surface area contributed by atoms with Gasteiger partial charge in [-0.1, -0.05) is 31.9 Å². The molecule has 0 fully saturated rings. The lowest BCUT2D eigenvalue weighted by Crippen LogP contribution is -2.19. The topological polar surface area (TPSA) is 81.1 Å². The molecule has 0 saturated carbocycles. The van der Waals surface area contributed by atoms with E-state index < -0.39 is 5.97 Å². The van der Waals surface area contributed by atoms with Crippen LogP contribution in [0.4, 0.5) is 0 Å². The maximum absolute atomic E-state index is 11.0. The molecule has 0 amide bonds. The number of carboxylic acid groups (broad SMARTS) is 1. The van der Waals surface area contributed by atoms with Gasteiger partial charge in [0.15, 0.2) is 0 Å². The number of aliphatic carboxylic acids is 1. The standard InChI is InChI=1S/C14H19N3O2/c1-2-3-6-10(15)14-16-11-7-4-5-8-12(11)17(14)9-13(18)19/h4-5,7-8,10H,2-3,6,9,15H2,1H3,(H,18,19). The predicted molar refractivity (Wildman–Crippen MR) is 73.8 cm³/mol. The average Bonchev–Trinajstić information content (AvgIpc) is 2.74. The van der Waals surface area contributed by atoms with Crippen LogP contribution in [0.25, 0.3) is 11.0 Å². The van der Waals surface area contributed by atoms with E-state index in [2.05, 4.69) is 11.9 Å². The van der Waals surface area contributed by atoms with Crippen LogP contribution in [0.2, 0.25) is 0 Å². The maximum atomic E-state index is 11.0. The average molecular weight is 261 g/mol. The lowest BCUT2D eigenvalue weighted by Gasteiger charge is -2.12. The molecule has 0 aliphatic rings. The van der Waals surface area contributed by atoms with Gasteiger partial charge in [-0.3, -0.25) is 4.79 Å². The van der Waals surface area contributed by atoms with Crippen LogP contribution in [0.5, 0.6) is 0 Å². The van der Waals surface area contributed by atoms with Gasteiger partial charge in [0.2, 0.25) is 0 Å². The third-order valence-electron chi connectivity index (χ3n) is 3.18. The normalized spacial score (nSPS) is 12.7. The van der Waals surface area contributed by atoms with E-state index in [0.29, 0.717) is 5.82 Å². The molecule has 3 N–H and O–H groups in total. The van der Waals surface area contributed by atoms with Crippen molar-refractivity contribution in [1.29, 1.82) is 0 Å². The summed E-state index contributed by atoms with van der Waals surface area (Å²) >= 11 is 0. The minimum Gasteiger partial charge on any atom is -0.480 e. The van der Waals surface area contributed by atoms with E-state index >= 15 is 0 Å². The molecule has 0 saturated heterocycles. The minimum atomic E-state index is -0.882. The summed E-state index contributed by atoms with van der Waals surface area (Å²) in [5.74, 6) is -0.218. The molecule has 1 atom stereocenters. The lowest BCUT2D eigenvalue weighted by atomic mass is 10.1. The molecule has 2 aromatic rings. The quantitative estimate of drug-likeness (QED) is 0.836. The third-order valence-corrected chi connectivity index (χ3v) is 3.18. The number of para-hydroxylation sites is 2. The van der Waals surface area contributed by atoms with Crippen molar-refractivity contribution in [3.63, 3.8) is 0 Å². The molecule has 0 spiro atoms. The fraction of sp³-hybridized carbons (Fsp3) is 0.429. The van der Waals surface area contributed by atoms with Gasteiger partial charge >= 0.3 is 5.97 Å². The molecule has 5 nitrogen and oxygen atoms in total. The minimum absolute atomic E-state index is 0.102. The highest BCUT2D eigenvalue weighted by atomic mass is 16.4. The zero-order valence-electron chi connectivity index (χ0n) is 11.0. The van der Waals surface area contributed by atoms with Gasteiger partial charge in [0.05, 0.1) is 17.1 Å². The van der Waals surface area contributed by atoms with Crippen molar-refractivity contribution in [2.75, 3.05) is 0 Å². The van der Waals surface area contributed by atoms with E-state index in [1.807, 2.05) is 24.3 Å². The first-order valence-electron chi connectivity index (χ1n) is 6.56. The van der Waals surface area contributed by atoms with Crippen LogP contribution < -0.4 is 5.73 Å². The second-order valence-corrected chi connectivity index (χ2v) is 4.69. The number of benzene rings is 1. The van der Waals surface area contributed by atoms with Crippen molar-refractivity contribution in [2.45, 2.75) is 38.8 Å². The molecule has 102 valence electrons. The van der Waals surface area contributed by atoms with Crippen LogP contribution in [0.1, 0.15) is 38.1 Å². The number of rotatable bonds is 6. The van der Waals surface area contributed by atoms with Gasteiger partial charge in [-0.2, -0.15) is 0 Å². The molecule has 0 bridgehead atoms. The molecule has 5 heteroatoms. The Kier molecular flexibility index (Phi) is 4.16.